The van der Waals surface area contributed by atoms with Crippen molar-refractivity contribution in [3.63, 3.8) is 0 Å². The molecule has 0 aliphatic heterocycles. The fourth-order valence-corrected chi connectivity index (χ4v) is 2.93. The number of guanidine groups is 1. The van der Waals surface area contributed by atoms with E-state index in [1.807, 2.05) is 48.2 Å². The zero-order chi connectivity index (χ0) is 17.2. The van der Waals surface area contributed by atoms with Crippen LogP contribution in [0.1, 0.15) is 6.42 Å². The highest BCUT2D eigenvalue weighted by atomic mass is 127. The summed E-state index contributed by atoms with van der Waals surface area (Å²) in [6.07, 6.45) is 0.966. The number of aliphatic imine (C=N–C) groups is 1. The van der Waals surface area contributed by atoms with E-state index in [1.54, 1.807) is 14.2 Å². The number of benzene rings is 2. The van der Waals surface area contributed by atoms with Crippen LogP contribution in [0.25, 0.3) is 0 Å². The van der Waals surface area contributed by atoms with Gasteiger partial charge in [-0.25, -0.2) is 0 Å². The second-order valence-electron chi connectivity index (χ2n) is 4.98. The van der Waals surface area contributed by atoms with E-state index in [9.17, 15) is 0 Å². The zero-order valence-corrected chi connectivity index (χ0v) is 17.5. The number of anilines is 1. The van der Waals surface area contributed by atoms with E-state index in [4.69, 9.17) is 15.2 Å². The van der Waals surface area contributed by atoms with Crippen molar-refractivity contribution in [1.82, 2.24) is 0 Å². The Kier molecular flexibility index (Phi) is 10.2. The molecular formula is C18H24IN3O2S. The second kappa shape index (κ2) is 11.9. The molecule has 7 heteroatoms. The molecule has 136 valence electrons. The summed E-state index contributed by atoms with van der Waals surface area (Å²) < 4.78 is 10.5. The van der Waals surface area contributed by atoms with Gasteiger partial charge in [-0.3, -0.25) is 4.99 Å². The Bertz CT molecular complexity index is 669. The van der Waals surface area contributed by atoms with Crippen molar-refractivity contribution in [1.29, 1.82) is 0 Å². The molecule has 2 aromatic carbocycles. The number of thioether (sulfide) groups is 1. The van der Waals surface area contributed by atoms with Gasteiger partial charge in [-0.2, -0.15) is 0 Å². The predicted octanol–water partition coefficient (Wildman–Crippen LogP) is 4.23. The molecule has 0 saturated heterocycles. The largest absolute Gasteiger partial charge is 0.493 e. The van der Waals surface area contributed by atoms with E-state index in [-0.39, 0.29) is 24.0 Å². The summed E-state index contributed by atoms with van der Waals surface area (Å²) in [4.78, 5) is 5.62. The third-order valence-corrected chi connectivity index (χ3v) is 4.35. The molecule has 0 aromatic heterocycles. The van der Waals surface area contributed by atoms with E-state index in [0.29, 0.717) is 24.0 Å². The van der Waals surface area contributed by atoms with Crippen LogP contribution in [-0.2, 0) is 0 Å². The van der Waals surface area contributed by atoms with Crippen molar-refractivity contribution in [2.24, 2.45) is 10.7 Å². The van der Waals surface area contributed by atoms with Crippen LogP contribution in [0.5, 0.6) is 11.5 Å². The van der Waals surface area contributed by atoms with Gasteiger partial charge in [-0.1, -0.05) is 18.2 Å². The van der Waals surface area contributed by atoms with Crippen LogP contribution in [0.3, 0.4) is 0 Å². The molecule has 0 radical (unpaired) electrons. The predicted molar refractivity (Wildman–Crippen MR) is 117 cm³/mol. The first-order valence-electron chi connectivity index (χ1n) is 7.69. The summed E-state index contributed by atoms with van der Waals surface area (Å²) in [7, 11) is 3.21. The minimum absolute atomic E-state index is 0. The van der Waals surface area contributed by atoms with Crippen LogP contribution in [-0.4, -0.2) is 32.5 Å². The Hall–Kier alpha value is -1.61. The Labute approximate surface area is 170 Å². The molecule has 0 aliphatic carbocycles. The number of methoxy groups -OCH3 is 2. The van der Waals surface area contributed by atoms with E-state index in [0.717, 1.165) is 17.9 Å². The lowest BCUT2D eigenvalue weighted by atomic mass is 10.3. The quantitative estimate of drug-likeness (QED) is 0.198. The number of nitrogens with zero attached hydrogens (tertiary/aromatic N) is 1. The lowest BCUT2D eigenvalue weighted by molar-refractivity contribution is 0.355. The molecule has 0 atom stereocenters. The first-order chi connectivity index (χ1) is 11.7. The highest BCUT2D eigenvalue weighted by molar-refractivity contribution is 14.0. The standard InChI is InChI=1S/C18H23N3O2S.HI/c1-22-16-10-9-14(13-17(16)23-2)21-18(19)20-11-6-12-24-15-7-4-3-5-8-15;/h3-5,7-10,13H,6,11-12H2,1-2H3,(H3,19,20,21);1H. The van der Waals surface area contributed by atoms with Crippen LogP contribution in [0.2, 0.25) is 0 Å². The van der Waals surface area contributed by atoms with E-state index in [1.165, 1.54) is 4.90 Å². The molecule has 0 unspecified atom stereocenters. The number of nitrogens with one attached hydrogen (secondary N) is 1. The summed E-state index contributed by atoms with van der Waals surface area (Å²) in [6, 6.07) is 15.9. The van der Waals surface area contributed by atoms with Gasteiger partial charge in [0.25, 0.3) is 0 Å². The summed E-state index contributed by atoms with van der Waals surface area (Å²) in [6.45, 7) is 0.686. The van der Waals surface area contributed by atoms with Crippen molar-refractivity contribution in [3.8, 4) is 11.5 Å². The minimum atomic E-state index is 0. The van der Waals surface area contributed by atoms with Gasteiger partial charge in [0.05, 0.1) is 14.2 Å². The number of hydrogen-bond donors (Lipinski definition) is 2. The smallest absolute Gasteiger partial charge is 0.193 e. The van der Waals surface area contributed by atoms with Crippen LogP contribution >= 0.6 is 35.7 Å². The first kappa shape index (κ1) is 21.4. The van der Waals surface area contributed by atoms with Crippen molar-refractivity contribution in [2.45, 2.75) is 11.3 Å². The molecule has 0 spiro atoms. The Morgan fingerprint density at radius 2 is 1.80 bits per heavy atom. The van der Waals surface area contributed by atoms with Crippen LogP contribution in [0.4, 0.5) is 5.69 Å². The molecule has 2 rings (SSSR count). The number of rotatable bonds is 8. The highest BCUT2D eigenvalue weighted by Crippen LogP contribution is 2.29. The van der Waals surface area contributed by atoms with E-state index >= 15 is 0 Å². The molecule has 0 amide bonds. The number of hydrogen-bond acceptors (Lipinski definition) is 4. The normalized spacial score (nSPS) is 10.7. The van der Waals surface area contributed by atoms with Gasteiger partial charge in [0.1, 0.15) is 0 Å². The third-order valence-electron chi connectivity index (χ3n) is 3.25. The van der Waals surface area contributed by atoms with Crippen molar-refractivity contribution in [2.75, 3.05) is 31.8 Å². The Balaban J connectivity index is 0.00000312. The minimum Gasteiger partial charge on any atom is -0.493 e. The summed E-state index contributed by atoms with van der Waals surface area (Å²) >= 11 is 1.82. The first-order valence-corrected chi connectivity index (χ1v) is 8.68. The fraction of sp³-hybridized carbons (Fsp3) is 0.278. The molecule has 3 N–H and O–H groups in total. The SMILES string of the molecule is COc1ccc(NC(N)=NCCCSc2ccccc2)cc1OC.I. The molecule has 0 aliphatic rings. The number of ether oxygens (including phenoxy) is 2. The van der Waals surface area contributed by atoms with Crippen molar-refractivity contribution < 1.29 is 9.47 Å². The van der Waals surface area contributed by atoms with Gasteiger partial charge in [-0.15, -0.1) is 35.7 Å². The van der Waals surface area contributed by atoms with Crippen molar-refractivity contribution in [3.05, 3.63) is 48.5 Å². The summed E-state index contributed by atoms with van der Waals surface area (Å²) in [5.74, 6) is 2.73. The van der Waals surface area contributed by atoms with Crippen LogP contribution in [0.15, 0.2) is 58.4 Å². The van der Waals surface area contributed by atoms with Gasteiger partial charge in [0.15, 0.2) is 17.5 Å². The summed E-state index contributed by atoms with van der Waals surface area (Å²) in [5, 5.41) is 3.06. The molecule has 25 heavy (non-hydrogen) atoms. The Morgan fingerprint density at radius 1 is 1.08 bits per heavy atom. The lowest BCUT2D eigenvalue weighted by Crippen LogP contribution is -2.22. The topological polar surface area (TPSA) is 68.9 Å². The maximum Gasteiger partial charge on any atom is 0.193 e. The van der Waals surface area contributed by atoms with Gasteiger partial charge < -0.3 is 20.5 Å². The average molecular weight is 473 g/mol. The molecule has 5 nitrogen and oxygen atoms in total. The van der Waals surface area contributed by atoms with E-state index < -0.39 is 0 Å². The third kappa shape index (κ3) is 7.43. The van der Waals surface area contributed by atoms with Gasteiger partial charge in [-0.05, 0) is 36.4 Å². The van der Waals surface area contributed by atoms with Gasteiger partial charge in [0, 0.05) is 23.2 Å². The molecule has 2 aromatic rings. The Morgan fingerprint density at radius 3 is 2.48 bits per heavy atom. The molecule has 0 fully saturated rings. The molecular weight excluding hydrogens is 449 g/mol. The van der Waals surface area contributed by atoms with Crippen LogP contribution in [0, 0.1) is 0 Å². The lowest BCUT2D eigenvalue weighted by Gasteiger charge is -2.10. The van der Waals surface area contributed by atoms with Crippen molar-refractivity contribution >= 4 is 47.4 Å². The number of nitrogens with two attached hydrogens (primary N) is 1. The zero-order valence-electron chi connectivity index (χ0n) is 14.4. The fourth-order valence-electron chi connectivity index (χ4n) is 2.07. The highest BCUT2D eigenvalue weighted by Gasteiger charge is 2.04. The van der Waals surface area contributed by atoms with E-state index in [2.05, 4.69) is 22.4 Å². The second-order valence-corrected chi connectivity index (χ2v) is 6.15. The van der Waals surface area contributed by atoms with Gasteiger partial charge >= 0.3 is 0 Å². The maximum absolute atomic E-state index is 5.92. The maximum atomic E-state index is 5.92. The average Bonchev–Trinajstić information content (AvgIpc) is 2.62. The summed E-state index contributed by atoms with van der Waals surface area (Å²) in [5.41, 5.74) is 6.73. The monoisotopic (exact) mass is 473 g/mol. The molecule has 0 saturated carbocycles. The van der Waals surface area contributed by atoms with Gasteiger partial charge in [0.2, 0.25) is 0 Å². The number of halogens is 1. The molecule has 0 bridgehead atoms. The van der Waals surface area contributed by atoms with Crippen LogP contribution < -0.4 is 20.5 Å². The molecule has 0 heterocycles.